The van der Waals surface area contributed by atoms with E-state index in [0.29, 0.717) is 5.92 Å². The normalized spacial score (nSPS) is 15.6. The maximum atomic E-state index is 2.28. The van der Waals surface area contributed by atoms with Crippen LogP contribution in [-0.4, -0.2) is 0 Å². The van der Waals surface area contributed by atoms with Gasteiger partial charge in [0.05, 0.1) is 0 Å². The monoisotopic (exact) mass is 183 g/mol. The summed E-state index contributed by atoms with van der Waals surface area (Å²) < 4.78 is 0. The highest BCUT2D eigenvalue weighted by Gasteiger charge is 2.10. The van der Waals surface area contributed by atoms with Crippen LogP contribution in [-0.2, 0) is 0 Å². The lowest BCUT2D eigenvalue weighted by Gasteiger charge is -2.02. The lowest BCUT2D eigenvalue weighted by atomic mass is 10.0. The van der Waals surface area contributed by atoms with Crippen molar-refractivity contribution in [1.29, 1.82) is 0 Å². The standard InChI is InChI=1S/C14H15/c1-11(2)13-8-9-14(10-13)12-6-4-3-5-7-12/h3-11H,1-2H3. The molecule has 0 saturated carbocycles. The first-order valence-electron chi connectivity index (χ1n) is 5.09. The molecule has 0 heterocycles. The van der Waals surface area contributed by atoms with Crippen molar-refractivity contribution in [2.45, 2.75) is 13.8 Å². The fourth-order valence-electron chi connectivity index (χ4n) is 1.63. The predicted octanol–water partition coefficient (Wildman–Crippen LogP) is 3.87. The topological polar surface area (TPSA) is 0 Å². The van der Waals surface area contributed by atoms with Crippen molar-refractivity contribution >= 4 is 5.57 Å². The van der Waals surface area contributed by atoms with Crippen LogP contribution < -0.4 is 0 Å². The third-order valence-electron chi connectivity index (χ3n) is 2.55. The number of allylic oxidation sites excluding steroid dienone is 4. The fraction of sp³-hybridized carbons (Fsp3) is 0.214. The highest BCUT2D eigenvalue weighted by atomic mass is 14.1. The highest BCUT2D eigenvalue weighted by Crippen LogP contribution is 2.29. The van der Waals surface area contributed by atoms with Crippen LogP contribution in [0.2, 0.25) is 0 Å². The maximum absolute atomic E-state index is 2.28. The van der Waals surface area contributed by atoms with E-state index in [4.69, 9.17) is 0 Å². The molecule has 0 aliphatic heterocycles. The molecular formula is C14H15. The van der Waals surface area contributed by atoms with Crippen LogP contribution in [0.5, 0.6) is 0 Å². The Morgan fingerprint density at radius 2 is 1.71 bits per heavy atom. The van der Waals surface area contributed by atoms with Crippen molar-refractivity contribution in [2.75, 3.05) is 0 Å². The minimum absolute atomic E-state index is 0.618. The second-order valence-electron chi connectivity index (χ2n) is 3.95. The maximum Gasteiger partial charge on any atom is 0.0134 e. The van der Waals surface area contributed by atoms with Gasteiger partial charge in [0.15, 0.2) is 0 Å². The summed E-state index contributed by atoms with van der Waals surface area (Å²) in [5, 5.41) is 0. The quantitative estimate of drug-likeness (QED) is 0.653. The summed E-state index contributed by atoms with van der Waals surface area (Å²) in [6.07, 6.45) is 6.69. The van der Waals surface area contributed by atoms with Crippen molar-refractivity contribution < 1.29 is 0 Å². The Morgan fingerprint density at radius 1 is 1.00 bits per heavy atom. The van der Waals surface area contributed by atoms with Gasteiger partial charge >= 0.3 is 0 Å². The van der Waals surface area contributed by atoms with Gasteiger partial charge in [-0.3, -0.25) is 0 Å². The average Bonchev–Trinajstić information content (AvgIpc) is 2.68. The van der Waals surface area contributed by atoms with E-state index in [0.717, 1.165) is 0 Å². The molecule has 0 bridgehead atoms. The van der Waals surface area contributed by atoms with Crippen molar-refractivity contribution in [2.24, 2.45) is 5.92 Å². The number of benzene rings is 1. The van der Waals surface area contributed by atoms with Gasteiger partial charge in [-0.15, -0.1) is 0 Å². The molecule has 1 aliphatic carbocycles. The second-order valence-corrected chi connectivity index (χ2v) is 3.95. The molecule has 0 nitrogen and oxygen atoms in total. The van der Waals surface area contributed by atoms with Crippen molar-refractivity contribution in [3.05, 3.63) is 60.0 Å². The number of rotatable bonds is 2. The average molecular weight is 183 g/mol. The summed E-state index contributed by atoms with van der Waals surface area (Å²) in [7, 11) is 0. The molecule has 0 unspecified atom stereocenters. The van der Waals surface area contributed by atoms with Crippen LogP contribution in [0.1, 0.15) is 19.4 Å². The van der Waals surface area contributed by atoms with Gasteiger partial charge < -0.3 is 0 Å². The van der Waals surface area contributed by atoms with E-state index in [1.54, 1.807) is 0 Å². The molecule has 0 saturated heterocycles. The van der Waals surface area contributed by atoms with Gasteiger partial charge in [0, 0.05) is 6.42 Å². The van der Waals surface area contributed by atoms with Gasteiger partial charge in [-0.05, 0) is 22.6 Å². The van der Waals surface area contributed by atoms with Gasteiger partial charge in [0.25, 0.3) is 0 Å². The van der Waals surface area contributed by atoms with Crippen molar-refractivity contribution in [3.8, 4) is 0 Å². The Kier molecular flexibility index (Phi) is 2.53. The zero-order chi connectivity index (χ0) is 9.97. The minimum atomic E-state index is 0.618. The summed E-state index contributed by atoms with van der Waals surface area (Å²) in [5.41, 5.74) is 4.05. The van der Waals surface area contributed by atoms with Gasteiger partial charge in [-0.2, -0.15) is 0 Å². The zero-order valence-electron chi connectivity index (χ0n) is 8.70. The summed E-state index contributed by atoms with van der Waals surface area (Å²) in [5.74, 6) is 0.618. The van der Waals surface area contributed by atoms with Crippen molar-refractivity contribution in [1.82, 2.24) is 0 Å². The van der Waals surface area contributed by atoms with E-state index >= 15 is 0 Å². The Labute approximate surface area is 86.0 Å². The van der Waals surface area contributed by atoms with Crippen LogP contribution in [0, 0.1) is 12.3 Å². The SMILES string of the molecule is CC(C)C1=C[CH]C(c2ccccc2)=C1. The summed E-state index contributed by atoms with van der Waals surface area (Å²) in [6, 6.07) is 10.5. The van der Waals surface area contributed by atoms with Crippen LogP contribution in [0.25, 0.3) is 5.57 Å². The van der Waals surface area contributed by atoms with Gasteiger partial charge in [-0.25, -0.2) is 0 Å². The van der Waals surface area contributed by atoms with E-state index in [1.165, 1.54) is 16.7 Å². The van der Waals surface area contributed by atoms with Crippen LogP contribution in [0.4, 0.5) is 0 Å². The van der Waals surface area contributed by atoms with Gasteiger partial charge in [-0.1, -0.05) is 56.3 Å². The second kappa shape index (κ2) is 3.83. The molecule has 0 heteroatoms. The fourth-order valence-corrected chi connectivity index (χ4v) is 1.63. The first kappa shape index (κ1) is 9.26. The molecule has 1 aliphatic rings. The zero-order valence-corrected chi connectivity index (χ0v) is 8.70. The van der Waals surface area contributed by atoms with Crippen LogP contribution in [0.3, 0.4) is 0 Å². The summed E-state index contributed by atoms with van der Waals surface area (Å²) in [6.45, 7) is 4.45. The number of hydrogen-bond donors (Lipinski definition) is 0. The van der Waals surface area contributed by atoms with E-state index in [1.807, 2.05) is 0 Å². The van der Waals surface area contributed by atoms with E-state index in [2.05, 4.69) is 62.8 Å². The van der Waals surface area contributed by atoms with E-state index in [9.17, 15) is 0 Å². The molecule has 1 radical (unpaired) electrons. The largest absolute Gasteiger partial charge is 0.0726 e. The molecule has 14 heavy (non-hydrogen) atoms. The number of hydrogen-bond acceptors (Lipinski definition) is 0. The molecule has 0 N–H and O–H groups in total. The smallest absolute Gasteiger partial charge is 0.0134 e. The Morgan fingerprint density at radius 3 is 2.29 bits per heavy atom. The van der Waals surface area contributed by atoms with Gasteiger partial charge in [0.2, 0.25) is 0 Å². The Bertz CT molecular complexity index is 366. The van der Waals surface area contributed by atoms with E-state index in [-0.39, 0.29) is 0 Å². The lowest BCUT2D eigenvalue weighted by Crippen LogP contribution is -1.86. The lowest BCUT2D eigenvalue weighted by molar-refractivity contribution is 0.794. The summed E-state index contributed by atoms with van der Waals surface area (Å²) in [4.78, 5) is 0. The molecule has 2 rings (SSSR count). The van der Waals surface area contributed by atoms with E-state index < -0.39 is 0 Å². The first-order valence-corrected chi connectivity index (χ1v) is 5.09. The molecule has 0 amide bonds. The molecule has 1 aromatic carbocycles. The van der Waals surface area contributed by atoms with Crippen LogP contribution >= 0.6 is 0 Å². The van der Waals surface area contributed by atoms with Crippen LogP contribution in [0.15, 0.2) is 48.1 Å². The van der Waals surface area contributed by atoms with Crippen molar-refractivity contribution in [3.63, 3.8) is 0 Å². The predicted molar refractivity (Wildman–Crippen MR) is 61.6 cm³/mol. The third kappa shape index (κ3) is 1.79. The minimum Gasteiger partial charge on any atom is -0.0726 e. The molecule has 1 aromatic rings. The Hall–Kier alpha value is -1.30. The van der Waals surface area contributed by atoms with Gasteiger partial charge in [0.1, 0.15) is 0 Å². The molecule has 0 spiro atoms. The Balaban J connectivity index is 2.22. The highest BCUT2D eigenvalue weighted by molar-refractivity contribution is 5.79. The third-order valence-corrected chi connectivity index (χ3v) is 2.55. The first-order chi connectivity index (χ1) is 6.77. The summed E-state index contributed by atoms with van der Waals surface area (Å²) >= 11 is 0. The molecule has 71 valence electrons. The molecule has 0 atom stereocenters. The molecular weight excluding hydrogens is 168 g/mol. The molecule has 0 fully saturated rings. The molecule has 0 aromatic heterocycles.